The van der Waals surface area contributed by atoms with Gasteiger partial charge in [0.05, 0.1) is 11.1 Å². The maximum atomic E-state index is 11.9. The zero-order valence-electron chi connectivity index (χ0n) is 16.2. The number of halogens is 2. The Labute approximate surface area is 187 Å². The van der Waals surface area contributed by atoms with E-state index in [0.717, 1.165) is 0 Å². The second-order valence-electron chi connectivity index (χ2n) is 5.97. The number of ether oxygens (including phenoxy) is 2. The minimum absolute atomic E-state index is 0.0386. The van der Waals surface area contributed by atoms with Crippen LogP contribution in [0.1, 0.15) is 19.8 Å². The highest BCUT2D eigenvalue weighted by Gasteiger charge is 2.10. The maximum Gasteiger partial charge on any atom is 0.276 e. The lowest BCUT2D eigenvalue weighted by Crippen LogP contribution is -2.44. The van der Waals surface area contributed by atoms with E-state index in [1.807, 2.05) is 6.92 Å². The molecule has 0 radical (unpaired) electrons. The Morgan fingerprint density at radius 3 is 2.27 bits per heavy atom. The van der Waals surface area contributed by atoms with Gasteiger partial charge in [0.2, 0.25) is 11.8 Å². The lowest BCUT2D eigenvalue weighted by Gasteiger charge is -2.10. The van der Waals surface area contributed by atoms with E-state index in [0.29, 0.717) is 33.3 Å². The number of nitrogens with one attached hydrogen (secondary N) is 3. The molecule has 0 spiro atoms. The van der Waals surface area contributed by atoms with Crippen molar-refractivity contribution in [3.8, 4) is 11.5 Å². The second kappa shape index (κ2) is 12.0. The number of hydrazine groups is 1. The first-order valence-corrected chi connectivity index (χ1v) is 10.2. The fourth-order valence-electron chi connectivity index (χ4n) is 2.23. The smallest absolute Gasteiger partial charge is 0.276 e. The quantitative estimate of drug-likeness (QED) is 0.459. The molecule has 10 heteroatoms. The normalized spacial score (nSPS) is 10.1. The summed E-state index contributed by atoms with van der Waals surface area (Å²) in [6, 6.07) is 11.8. The molecule has 0 aromatic heterocycles. The molecular formula is C20H21BrClN3O5. The zero-order valence-corrected chi connectivity index (χ0v) is 18.5. The second-order valence-corrected chi connectivity index (χ2v) is 7.26. The first-order chi connectivity index (χ1) is 14.4. The summed E-state index contributed by atoms with van der Waals surface area (Å²) in [7, 11) is 0. The first-order valence-electron chi connectivity index (χ1n) is 9.05. The fraction of sp³-hybridized carbons (Fsp3) is 0.250. The van der Waals surface area contributed by atoms with E-state index >= 15 is 0 Å². The predicted octanol–water partition coefficient (Wildman–Crippen LogP) is 3.45. The predicted molar refractivity (Wildman–Crippen MR) is 116 cm³/mol. The first kappa shape index (κ1) is 23.5. The van der Waals surface area contributed by atoms with Crippen molar-refractivity contribution in [1.29, 1.82) is 0 Å². The molecular weight excluding hydrogens is 478 g/mol. The summed E-state index contributed by atoms with van der Waals surface area (Å²) in [4.78, 5) is 35.5. The monoisotopic (exact) mass is 497 g/mol. The summed E-state index contributed by atoms with van der Waals surface area (Å²) in [5.41, 5.74) is 5.06. The SMILES string of the molecule is CCOc1ccc(NC(=O)CCC(=O)NNC(=O)COc2ccc(Cl)cc2Br)cc1. The molecule has 3 N–H and O–H groups in total. The molecule has 3 amide bonds. The van der Waals surface area contributed by atoms with Crippen LogP contribution in [0, 0.1) is 0 Å². The molecule has 0 aliphatic heterocycles. The van der Waals surface area contributed by atoms with Gasteiger partial charge in [-0.15, -0.1) is 0 Å². The average Bonchev–Trinajstić information content (AvgIpc) is 2.71. The van der Waals surface area contributed by atoms with E-state index in [2.05, 4.69) is 32.1 Å². The molecule has 2 aromatic carbocycles. The van der Waals surface area contributed by atoms with Crippen LogP contribution in [0.15, 0.2) is 46.9 Å². The third-order valence-corrected chi connectivity index (χ3v) is 4.48. The van der Waals surface area contributed by atoms with E-state index in [4.69, 9.17) is 21.1 Å². The van der Waals surface area contributed by atoms with Crippen LogP contribution in [0.5, 0.6) is 11.5 Å². The fourth-order valence-corrected chi connectivity index (χ4v) is 3.02. The summed E-state index contributed by atoms with van der Waals surface area (Å²) in [6.07, 6.45) is -0.129. The van der Waals surface area contributed by atoms with Gasteiger partial charge in [-0.3, -0.25) is 25.2 Å². The summed E-state index contributed by atoms with van der Waals surface area (Å²) in [5, 5.41) is 3.21. The van der Waals surface area contributed by atoms with E-state index in [1.54, 1.807) is 42.5 Å². The molecule has 160 valence electrons. The van der Waals surface area contributed by atoms with Crippen molar-refractivity contribution in [3.63, 3.8) is 0 Å². The molecule has 0 fully saturated rings. The molecule has 0 unspecified atom stereocenters. The minimum atomic E-state index is -0.552. The average molecular weight is 499 g/mol. The highest BCUT2D eigenvalue weighted by Crippen LogP contribution is 2.27. The number of rotatable bonds is 9. The van der Waals surface area contributed by atoms with Gasteiger partial charge in [0, 0.05) is 23.6 Å². The Bertz CT molecular complexity index is 893. The van der Waals surface area contributed by atoms with Crippen molar-refractivity contribution in [2.75, 3.05) is 18.5 Å². The molecule has 0 atom stereocenters. The molecule has 0 saturated heterocycles. The Kier molecular flexibility index (Phi) is 9.43. The number of carbonyl (C=O) groups excluding carboxylic acids is 3. The van der Waals surface area contributed by atoms with Crippen molar-refractivity contribution in [2.45, 2.75) is 19.8 Å². The molecule has 30 heavy (non-hydrogen) atoms. The Hall–Kier alpha value is -2.78. The zero-order chi connectivity index (χ0) is 21.9. The lowest BCUT2D eigenvalue weighted by atomic mass is 10.2. The van der Waals surface area contributed by atoms with Gasteiger partial charge in [0.1, 0.15) is 11.5 Å². The number of hydrogen-bond donors (Lipinski definition) is 3. The number of benzene rings is 2. The van der Waals surface area contributed by atoms with Gasteiger partial charge in [-0.05, 0) is 65.3 Å². The van der Waals surface area contributed by atoms with Crippen LogP contribution in [0.3, 0.4) is 0 Å². The summed E-state index contributed by atoms with van der Waals surface area (Å²) in [5.74, 6) is -0.233. The highest BCUT2D eigenvalue weighted by molar-refractivity contribution is 9.10. The maximum absolute atomic E-state index is 11.9. The molecule has 0 heterocycles. The van der Waals surface area contributed by atoms with Crippen LogP contribution >= 0.6 is 27.5 Å². The van der Waals surface area contributed by atoms with Crippen LogP contribution in [0.2, 0.25) is 5.02 Å². The summed E-state index contributed by atoms with van der Waals surface area (Å²) in [6.45, 7) is 2.13. The van der Waals surface area contributed by atoms with Crippen molar-refractivity contribution >= 4 is 50.9 Å². The molecule has 0 bridgehead atoms. The molecule has 8 nitrogen and oxygen atoms in total. The van der Waals surface area contributed by atoms with Gasteiger partial charge in [0.25, 0.3) is 5.91 Å². The Morgan fingerprint density at radius 2 is 1.60 bits per heavy atom. The number of anilines is 1. The van der Waals surface area contributed by atoms with Gasteiger partial charge >= 0.3 is 0 Å². The van der Waals surface area contributed by atoms with Crippen molar-refractivity contribution in [1.82, 2.24) is 10.9 Å². The van der Waals surface area contributed by atoms with Crippen LogP contribution in [-0.2, 0) is 14.4 Å². The van der Waals surface area contributed by atoms with E-state index < -0.39 is 11.8 Å². The van der Waals surface area contributed by atoms with Gasteiger partial charge in [0.15, 0.2) is 6.61 Å². The standard InChI is InChI=1S/C20H21BrClN3O5/c1-2-29-15-6-4-14(5-7-15)23-18(26)9-10-19(27)24-25-20(28)12-30-17-8-3-13(22)11-16(17)21/h3-8,11H,2,9-10,12H2,1H3,(H,23,26)(H,24,27)(H,25,28). The molecule has 2 rings (SSSR count). The lowest BCUT2D eigenvalue weighted by molar-refractivity contribution is -0.130. The van der Waals surface area contributed by atoms with Gasteiger partial charge in [-0.25, -0.2) is 0 Å². The van der Waals surface area contributed by atoms with Gasteiger partial charge < -0.3 is 14.8 Å². The van der Waals surface area contributed by atoms with Crippen LogP contribution in [0.4, 0.5) is 5.69 Å². The van der Waals surface area contributed by atoms with Crippen molar-refractivity contribution in [2.24, 2.45) is 0 Å². The summed E-state index contributed by atoms with van der Waals surface area (Å²) < 4.78 is 11.3. The van der Waals surface area contributed by atoms with E-state index in [9.17, 15) is 14.4 Å². The summed E-state index contributed by atoms with van der Waals surface area (Å²) >= 11 is 9.11. The third kappa shape index (κ3) is 8.30. The molecule has 2 aromatic rings. The van der Waals surface area contributed by atoms with Gasteiger partial charge in [-0.1, -0.05) is 11.6 Å². The van der Waals surface area contributed by atoms with Crippen molar-refractivity contribution < 1.29 is 23.9 Å². The largest absolute Gasteiger partial charge is 0.494 e. The van der Waals surface area contributed by atoms with E-state index in [-0.39, 0.29) is 25.4 Å². The topological polar surface area (TPSA) is 106 Å². The Morgan fingerprint density at radius 1 is 0.933 bits per heavy atom. The number of hydrogen-bond acceptors (Lipinski definition) is 5. The minimum Gasteiger partial charge on any atom is -0.494 e. The highest BCUT2D eigenvalue weighted by atomic mass is 79.9. The van der Waals surface area contributed by atoms with Crippen LogP contribution in [-0.4, -0.2) is 30.9 Å². The molecule has 0 saturated carbocycles. The number of carbonyl (C=O) groups is 3. The Balaban J connectivity index is 1.65. The number of amides is 3. The van der Waals surface area contributed by atoms with Crippen LogP contribution < -0.4 is 25.6 Å². The van der Waals surface area contributed by atoms with Gasteiger partial charge in [-0.2, -0.15) is 0 Å². The molecule has 0 aliphatic carbocycles. The molecule has 0 aliphatic rings. The van der Waals surface area contributed by atoms with Crippen LogP contribution in [0.25, 0.3) is 0 Å². The van der Waals surface area contributed by atoms with Crippen molar-refractivity contribution in [3.05, 3.63) is 52.0 Å². The third-order valence-electron chi connectivity index (χ3n) is 3.62. The van der Waals surface area contributed by atoms with E-state index in [1.165, 1.54) is 0 Å².